The highest BCUT2D eigenvalue weighted by Gasteiger charge is 2.26. The molecule has 0 saturated carbocycles. The maximum Gasteiger partial charge on any atom is 0.246 e. The molecule has 0 bridgehead atoms. The van der Waals surface area contributed by atoms with Gasteiger partial charge in [-0.15, -0.1) is 0 Å². The van der Waals surface area contributed by atoms with Gasteiger partial charge in [0.1, 0.15) is 6.10 Å². The van der Waals surface area contributed by atoms with Crippen molar-refractivity contribution in [3.05, 3.63) is 47.6 Å². The van der Waals surface area contributed by atoms with Crippen LogP contribution in [0.5, 0.6) is 0 Å². The summed E-state index contributed by atoms with van der Waals surface area (Å²) in [4.78, 5) is 4.35. The van der Waals surface area contributed by atoms with Crippen molar-refractivity contribution >= 4 is 0 Å². The second-order valence-corrected chi connectivity index (χ2v) is 4.93. The first-order valence-corrected chi connectivity index (χ1v) is 6.32. The molecule has 1 aromatic carbocycles. The highest BCUT2D eigenvalue weighted by molar-refractivity contribution is 5.22. The Morgan fingerprint density at radius 1 is 1.32 bits per heavy atom. The second kappa shape index (κ2) is 5.50. The van der Waals surface area contributed by atoms with Crippen LogP contribution >= 0.6 is 0 Å². The van der Waals surface area contributed by atoms with Gasteiger partial charge in [-0.25, -0.2) is 0 Å². The van der Waals surface area contributed by atoms with Crippen molar-refractivity contribution in [1.82, 2.24) is 10.1 Å². The standard InChI is InChI=1S/C14H19N3O2/c1-4-18-11(10-8-6-5-7-9-10)12-16-13(19-17-12)14(2,3)15/h5-9,11H,4,15H2,1-3H3. The molecule has 19 heavy (non-hydrogen) atoms. The highest BCUT2D eigenvalue weighted by atomic mass is 16.5. The van der Waals surface area contributed by atoms with Gasteiger partial charge in [0.05, 0.1) is 5.54 Å². The molecule has 102 valence electrons. The summed E-state index contributed by atoms with van der Waals surface area (Å²) in [5.74, 6) is 0.907. The second-order valence-electron chi connectivity index (χ2n) is 4.93. The monoisotopic (exact) mass is 261 g/mol. The Hall–Kier alpha value is -1.72. The zero-order valence-electron chi connectivity index (χ0n) is 11.5. The molecule has 1 heterocycles. The summed E-state index contributed by atoms with van der Waals surface area (Å²) < 4.78 is 10.9. The quantitative estimate of drug-likeness (QED) is 0.894. The number of aromatic nitrogens is 2. The van der Waals surface area contributed by atoms with Gasteiger partial charge in [0, 0.05) is 6.61 Å². The van der Waals surface area contributed by atoms with Crippen LogP contribution in [-0.2, 0) is 10.3 Å². The van der Waals surface area contributed by atoms with E-state index in [1.54, 1.807) is 0 Å². The number of ether oxygens (including phenoxy) is 1. The third-order valence-electron chi connectivity index (χ3n) is 2.66. The van der Waals surface area contributed by atoms with E-state index in [9.17, 15) is 0 Å². The maximum absolute atomic E-state index is 5.95. The normalized spacial score (nSPS) is 13.5. The SMILES string of the molecule is CCOC(c1ccccc1)c1noc(C(C)(C)N)n1. The molecule has 0 spiro atoms. The van der Waals surface area contributed by atoms with Gasteiger partial charge in [-0.1, -0.05) is 35.5 Å². The summed E-state index contributed by atoms with van der Waals surface area (Å²) in [5.41, 5.74) is 6.28. The fourth-order valence-corrected chi connectivity index (χ4v) is 1.72. The number of rotatable bonds is 5. The molecule has 0 aliphatic heterocycles. The van der Waals surface area contributed by atoms with Crippen molar-refractivity contribution in [3.63, 3.8) is 0 Å². The van der Waals surface area contributed by atoms with E-state index in [4.69, 9.17) is 15.0 Å². The summed E-state index contributed by atoms with van der Waals surface area (Å²) in [6.07, 6.45) is -0.328. The van der Waals surface area contributed by atoms with Crippen molar-refractivity contribution in [2.75, 3.05) is 6.61 Å². The van der Waals surface area contributed by atoms with Crippen LogP contribution in [0, 0.1) is 0 Å². The Balaban J connectivity index is 2.32. The Morgan fingerprint density at radius 2 is 2.00 bits per heavy atom. The lowest BCUT2D eigenvalue weighted by atomic mass is 10.1. The minimum atomic E-state index is -0.654. The smallest absolute Gasteiger partial charge is 0.246 e. The molecule has 0 radical (unpaired) electrons. The Morgan fingerprint density at radius 3 is 2.53 bits per heavy atom. The van der Waals surface area contributed by atoms with Gasteiger partial charge in [-0.3, -0.25) is 0 Å². The van der Waals surface area contributed by atoms with E-state index >= 15 is 0 Å². The molecule has 1 atom stereocenters. The van der Waals surface area contributed by atoms with E-state index in [1.165, 1.54) is 0 Å². The Bertz CT molecular complexity index is 517. The number of nitrogens with zero attached hydrogens (tertiary/aromatic N) is 2. The average molecular weight is 261 g/mol. The van der Waals surface area contributed by atoms with Crippen LogP contribution < -0.4 is 5.73 Å². The number of hydrogen-bond acceptors (Lipinski definition) is 5. The van der Waals surface area contributed by atoms with Crippen LogP contribution in [-0.4, -0.2) is 16.7 Å². The van der Waals surface area contributed by atoms with E-state index in [2.05, 4.69) is 10.1 Å². The van der Waals surface area contributed by atoms with Gasteiger partial charge in [0.2, 0.25) is 11.7 Å². The summed E-state index contributed by atoms with van der Waals surface area (Å²) in [7, 11) is 0. The molecule has 5 heteroatoms. The first-order chi connectivity index (χ1) is 9.02. The fourth-order valence-electron chi connectivity index (χ4n) is 1.72. The largest absolute Gasteiger partial charge is 0.366 e. The van der Waals surface area contributed by atoms with Gasteiger partial charge >= 0.3 is 0 Å². The molecule has 0 fully saturated rings. The van der Waals surface area contributed by atoms with Crippen molar-refractivity contribution in [1.29, 1.82) is 0 Å². The van der Waals surface area contributed by atoms with Gasteiger partial charge < -0.3 is 15.0 Å². The average Bonchev–Trinajstić information content (AvgIpc) is 2.86. The number of benzene rings is 1. The predicted molar refractivity (Wildman–Crippen MR) is 71.4 cm³/mol. The first kappa shape index (κ1) is 13.7. The lowest BCUT2D eigenvalue weighted by Gasteiger charge is -2.14. The van der Waals surface area contributed by atoms with Crippen LogP contribution in [0.25, 0.3) is 0 Å². The lowest BCUT2D eigenvalue weighted by Crippen LogP contribution is -2.29. The van der Waals surface area contributed by atoms with Crippen molar-refractivity contribution < 1.29 is 9.26 Å². The predicted octanol–water partition coefficient (Wildman–Crippen LogP) is 2.39. The van der Waals surface area contributed by atoms with Gasteiger partial charge in [-0.2, -0.15) is 4.98 Å². The zero-order chi connectivity index (χ0) is 13.9. The molecular weight excluding hydrogens is 242 g/mol. The number of nitrogens with two attached hydrogens (primary N) is 1. The third kappa shape index (κ3) is 3.19. The summed E-state index contributed by atoms with van der Waals surface area (Å²) in [6.45, 7) is 6.14. The van der Waals surface area contributed by atoms with Crippen LogP contribution in [0.2, 0.25) is 0 Å². The van der Waals surface area contributed by atoms with E-state index in [1.807, 2.05) is 51.1 Å². The molecule has 0 amide bonds. The van der Waals surface area contributed by atoms with Crippen molar-refractivity contribution in [2.24, 2.45) is 5.73 Å². The van der Waals surface area contributed by atoms with E-state index in [0.29, 0.717) is 18.3 Å². The van der Waals surface area contributed by atoms with Crippen molar-refractivity contribution in [3.8, 4) is 0 Å². The topological polar surface area (TPSA) is 74.2 Å². The molecule has 1 unspecified atom stereocenters. The third-order valence-corrected chi connectivity index (χ3v) is 2.66. The van der Waals surface area contributed by atoms with Gasteiger partial charge in [-0.05, 0) is 26.3 Å². The fraction of sp³-hybridized carbons (Fsp3) is 0.429. The van der Waals surface area contributed by atoms with Crippen LogP contribution in [0.15, 0.2) is 34.9 Å². The highest BCUT2D eigenvalue weighted by Crippen LogP contribution is 2.25. The summed E-state index contributed by atoms with van der Waals surface area (Å²) in [5, 5.41) is 3.99. The van der Waals surface area contributed by atoms with Crippen LogP contribution in [0.4, 0.5) is 0 Å². The molecule has 0 saturated heterocycles. The van der Waals surface area contributed by atoms with Gasteiger partial charge in [0.15, 0.2) is 0 Å². The maximum atomic E-state index is 5.95. The lowest BCUT2D eigenvalue weighted by molar-refractivity contribution is 0.0833. The molecular formula is C14H19N3O2. The van der Waals surface area contributed by atoms with E-state index in [0.717, 1.165) is 5.56 Å². The first-order valence-electron chi connectivity index (χ1n) is 6.32. The minimum absolute atomic E-state index is 0.328. The molecule has 2 N–H and O–H groups in total. The van der Waals surface area contributed by atoms with Crippen molar-refractivity contribution in [2.45, 2.75) is 32.4 Å². The zero-order valence-corrected chi connectivity index (χ0v) is 11.5. The van der Waals surface area contributed by atoms with E-state index < -0.39 is 5.54 Å². The Kier molecular flexibility index (Phi) is 3.97. The Labute approximate surface area is 112 Å². The molecule has 5 nitrogen and oxygen atoms in total. The van der Waals surface area contributed by atoms with Crippen LogP contribution in [0.1, 0.15) is 44.2 Å². The molecule has 1 aromatic heterocycles. The molecule has 0 aliphatic carbocycles. The molecule has 2 aromatic rings. The summed E-state index contributed by atoms with van der Waals surface area (Å²) in [6, 6.07) is 9.81. The molecule has 0 aliphatic rings. The van der Waals surface area contributed by atoms with Gasteiger partial charge in [0.25, 0.3) is 0 Å². The minimum Gasteiger partial charge on any atom is -0.366 e. The van der Waals surface area contributed by atoms with E-state index in [-0.39, 0.29) is 6.10 Å². The van der Waals surface area contributed by atoms with Crippen LogP contribution in [0.3, 0.4) is 0 Å². The summed E-state index contributed by atoms with van der Waals surface area (Å²) >= 11 is 0. The number of hydrogen-bond donors (Lipinski definition) is 1. The molecule has 2 rings (SSSR count).